The van der Waals surface area contributed by atoms with Gasteiger partial charge in [-0.15, -0.1) is 0 Å². The van der Waals surface area contributed by atoms with Gasteiger partial charge in [0.1, 0.15) is 5.82 Å². The van der Waals surface area contributed by atoms with Crippen LogP contribution in [0.3, 0.4) is 0 Å². The number of nitrogens with zero attached hydrogens (tertiary/aromatic N) is 1. The summed E-state index contributed by atoms with van der Waals surface area (Å²) in [5.41, 5.74) is 7.87. The van der Waals surface area contributed by atoms with Gasteiger partial charge < -0.3 is 5.73 Å². The zero-order valence-corrected chi connectivity index (χ0v) is 11.3. The lowest BCUT2D eigenvalue weighted by Crippen LogP contribution is -2.46. The molecule has 1 fully saturated rings. The molecule has 0 amide bonds. The number of rotatable bonds is 3. The Morgan fingerprint density at radius 3 is 2.89 bits per heavy atom. The predicted molar refractivity (Wildman–Crippen MR) is 72.8 cm³/mol. The van der Waals surface area contributed by atoms with E-state index in [9.17, 15) is 4.39 Å². The molecule has 100 valence electrons. The molecule has 0 radical (unpaired) electrons. The minimum Gasteiger partial charge on any atom is -0.327 e. The lowest BCUT2D eigenvalue weighted by atomic mass is 9.90. The van der Waals surface area contributed by atoms with Crippen LogP contribution in [0, 0.1) is 18.7 Å². The quantitative estimate of drug-likeness (QED) is 0.893. The molecule has 1 saturated heterocycles. The molecule has 0 saturated carbocycles. The highest BCUT2D eigenvalue weighted by molar-refractivity contribution is 5.23. The molecular weight excluding hydrogens is 227 g/mol. The van der Waals surface area contributed by atoms with Gasteiger partial charge in [0.15, 0.2) is 0 Å². The molecule has 1 aliphatic rings. The summed E-state index contributed by atoms with van der Waals surface area (Å²) in [5.74, 6) is 0.474. The van der Waals surface area contributed by atoms with Crippen LogP contribution in [0.5, 0.6) is 0 Å². The maximum absolute atomic E-state index is 13.5. The molecular formula is C15H23FN2. The molecule has 2 nitrogen and oxygen atoms in total. The minimum absolute atomic E-state index is 0.103. The van der Waals surface area contributed by atoms with Crippen LogP contribution >= 0.6 is 0 Å². The van der Waals surface area contributed by atoms with Gasteiger partial charge in [0, 0.05) is 19.1 Å². The summed E-state index contributed by atoms with van der Waals surface area (Å²) in [5, 5.41) is 0. The van der Waals surface area contributed by atoms with Crippen LogP contribution in [-0.4, -0.2) is 24.0 Å². The second-order valence-electron chi connectivity index (χ2n) is 5.44. The van der Waals surface area contributed by atoms with E-state index >= 15 is 0 Å². The number of nitrogens with two attached hydrogens (primary N) is 1. The number of halogens is 1. The number of benzene rings is 1. The molecule has 1 heterocycles. The van der Waals surface area contributed by atoms with E-state index < -0.39 is 0 Å². The van der Waals surface area contributed by atoms with Crippen LogP contribution in [0.15, 0.2) is 18.2 Å². The highest BCUT2D eigenvalue weighted by atomic mass is 19.1. The predicted octanol–water partition coefficient (Wildman–Crippen LogP) is 2.69. The Hall–Kier alpha value is -0.930. The van der Waals surface area contributed by atoms with Crippen LogP contribution in [0.4, 0.5) is 4.39 Å². The fourth-order valence-electron chi connectivity index (χ4n) is 2.69. The van der Waals surface area contributed by atoms with Gasteiger partial charge >= 0.3 is 0 Å². The summed E-state index contributed by atoms with van der Waals surface area (Å²) in [4.78, 5) is 2.39. The standard InChI is InChI=1S/C15H23FN2/c1-3-13-10-18(7-6-15(13)17)9-12-5-4-11(2)14(16)8-12/h4-5,8,13,15H,3,6-7,9-10,17H2,1-2H3. The molecule has 2 rings (SSSR count). The molecule has 0 aromatic heterocycles. The molecule has 1 aromatic carbocycles. The number of hydrogen-bond donors (Lipinski definition) is 1. The second kappa shape index (κ2) is 5.81. The highest BCUT2D eigenvalue weighted by Crippen LogP contribution is 2.20. The van der Waals surface area contributed by atoms with Crippen molar-refractivity contribution in [2.24, 2.45) is 11.7 Å². The molecule has 2 unspecified atom stereocenters. The van der Waals surface area contributed by atoms with Crippen LogP contribution in [0.1, 0.15) is 30.9 Å². The fourth-order valence-corrected chi connectivity index (χ4v) is 2.69. The first-order valence-electron chi connectivity index (χ1n) is 6.83. The first-order chi connectivity index (χ1) is 8.60. The monoisotopic (exact) mass is 250 g/mol. The number of aryl methyl sites for hydroxylation is 1. The molecule has 3 heteroatoms. The Balaban J connectivity index is 1.99. The first-order valence-corrected chi connectivity index (χ1v) is 6.83. The van der Waals surface area contributed by atoms with Crippen LogP contribution in [-0.2, 0) is 6.54 Å². The average Bonchev–Trinajstić information content (AvgIpc) is 2.36. The van der Waals surface area contributed by atoms with Crippen LogP contribution in [0.25, 0.3) is 0 Å². The number of likely N-dealkylation sites (tertiary alicyclic amines) is 1. The summed E-state index contributed by atoms with van der Waals surface area (Å²) in [7, 11) is 0. The van der Waals surface area contributed by atoms with E-state index in [2.05, 4.69) is 11.8 Å². The summed E-state index contributed by atoms with van der Waals surface area (Å²) in [6.07, 6.45) is 2.17. The van der Waals surface area contributed by atoms with Gasteiger partial charge in [0.2, 0.25) is 0 Å². The summed E-state index contributed by atoms with van der Waals surface area (Å²) >= 11 is 0. The Morgan fingerprint density at radius 2 is 2.22 bits per heavy atom. The molecule has 2 N–H and O–H groups in total. The third kappa shape index (κ3) is 3.09. The zero-order chi connectivity index (χ0) is 13.1. The Labute approximate surface area is 109 Å². The number of hydrogen-bond acceptors (Lipinski definition) is 2. The van der Waals surface area contributed by atoms with Crippen molar-refractivity contribution in [1.29, 1.82) is 0 Å². The Bertz CT molecular complexity index is 405. The first kappa shape index (κ1) is 13.5. The van der Waals surface area contributed by atoms with Crippen molar-refractivity contribution in [3.63, 3.8) is 0 Å². The van der Waals surface area contributed by atoms with E-state index in [1.165, 1.54) is 0 Å². The highest BCUT2D eigenvalue weighted by Gasteiger charge is 2.25. The summed E-state index contributed by atoms with van der Waals surface area (Å²) < 4.78 is 13.5. The van der Waals surface area contributed by atoms with Gasteiger partial charge in [-0.05, 0) is 43.0 Å². The Morgan fingerprint density at radius 1 is 1.44 bits per heavy atom. The SMILES string of the molecule is CCC1CN(Cc2ccc(C)c(F)c2)CCC1N. The molecule has 1 aliphatic heterocycles. The number of piperidine rings is 1. The molecule has 2 atom stereocenters. The normalized spacial score (nSPS) is 25.3. The van der Waals surface area contributed by atoms with Gasteiger partial charge in [-0.25, -0.2) is 4.39 Å². The van der Waals surface area contributed by atoms with Crippen molar-refractivity contribution < 1.29 is 4.39 Å². The largest absolute Gasteiger partial charge is 0.327 e. The van der Waals surface area contributed by atoms with Crippen LogP contribution < -0.4 is 5.73 Å². The summed E-state index contributed by atoms with van der Waals surface area (Å²) in [6.45, 7) is 6.88. The van der Waals surface area contributed by atoms with Gasteiger partial charge in [0.05, 0.1) is 0 Å². The lowest BCUT2D eigenvalue weighted by Gasteiger charge is -2.36. The van der Waals surface area contributed by atoms with Crippen molar-refractivity contribution in [3.8, 4) is 0 Å². The molecule has 0 bridgehead atoms. The Kier molecular flexibility index (Phi) is 4.36. The third-order valence-corrected chi connectivity index (χ3v) is 4.04. The van der Waals surface area contributed by atoms with Crippen molar-refractivity contribution in [1.82, 2.24) is 4.90 Å². The van der Waals surface area contributed by atoms with E-state index in [1.54, 1.807) is 13.0 Å². The third-order valence-electron chi connectivity index (χ3n) is 4.04. The van der Waals surface area contributed by atoms with Gasteiger partial charge in [-0.2, -0.15) is 0 Å². The van der Waals surface area contributed by atoms with Gasteiger partial charge in [0.25, 0.3) is 0 Å². The smallest absolute Gasteiger partial charge is 0.126 e. The summed E-state index contributed by atoms with van der Waals surface area (Å²) in [6, 6.07) is 5.87. The van der Waals surface area contributed by atoms with E-state index in [0.717, 1.165) is 38.0 Å². The van der Waals surface area contributed by atoms with E-state index in [0.29, 0.717) is 17.5 Å². The molecule has 0 spiro atoms. The van der Waals surface area contributed by atoms with Crippen molar-refractivity contribution >= 4 is 0 Å². The van der Waals surface area contributed by atoms with Crippen molar-refractivity contribution in [2.45, 2.75) is 39.3 Å². The van der Waals surface area contributed by atoms with E-state index in [4.69, 9.17) is 5.73 Å². The zero-order valence-electron chi connectivity index (χ0n) is 11.3. The van der Waals surface area contributed by atoms with Crippen molar-refractivity contribution in [2.75, 3.05) is 13.1 Å². The average molecular weight is 250 g/mol. The maximum Gasteiger partial charge on any atom is 0.126 e. The lowest BCUT2D eigenvalue weighted by molar-refractivity contribution is 0.145. The molecule has 18 heavy (non-hydrogen) atoms. The van der Waals surface area contributed by atoms with Crippen molar-refractivity contribution in [3.05, 3.63) is 35.1 Å². The maximum atomic E-state index is 13.5. The second-order valence-corrected chi connectivity index (χ2v) is 5.44. The van der Waals surface area contributed by atoms with Gasteiger partial charge in [-0.3, -0.25) is 4.90 Å². The topological polar surface area (TPSA) is 29.3 Å². The van der Waals surface area contributed by atoms with E-state index in [-0.39, 0.29) is 5.82 Å². The fraction of sp³-hybridized carbons (Fsp3) is 0.600. The van der Waals surface area contributed by atoms with Gasteiger partial charge in [-0.1, -0.05) is 25.5 Å². The van der Waals surface area contributed by atoms with E-state index in [1.807, 2.05) is 12.1 Å². The van der Waals surface area contributed by atoms with Crippen LogP contribution in [0.2, 0.25) is 0 Å². The molecule has 1 aromatic rings. The molecule has 0 aliphatic carbocycles. The minimum atomic E-state index is -0.103.